The highest BCUT2D eigenvalue weighted by Gasteiger charge is 2.09. The van der Waals surface area contributed by atoms with Crippen molar-refractivity contribution in [3.63, 3.8) is 0 Å². The van der Waals surface area contributed by atoms with Crippen molar-refractivity contribution in [3.05, 3.63) is 34.1 Å². The van der Waals surface area contributed by atoms with Crippen molar-refractivity contribution in [3.8, 4) is 0 Å². The SMILES string of the molecule is NCC[C@H](N)c1ccc(F)cc1Br. The van der Waals surface area contributed by atoms with Crippen LogP contribution in [0.2, 0.25) is 0 Å². The van der Waals surface area contributed by atoms with E-state index < -0.39 is 0 Å². The Balaban J connectivity index is 2.88. The quantitative estimate of drug-likeness (QED) is 0.857. The lowest BCUT2D eigenvalue weighted by Gasteiger charge is -2.12. The average molecular weight is 247 g/mol. The normalized spacial score (nSPS) is 12.9. The summed E-state index contributed by atoms with van der Waals surface area (Å²) in [6.07, 6.45) is 0.699. The molecule has 0 heterocycles. The summed E-state index contributed by atoms with van der Waals surface area (Å²) in [5, 5.41) is 0. The van der Waals surface area contributed by atoms with Crippen molar-refractivity contribution in [2.45, 2.75) is 12.5 Å². The molecule has 0 aliphatic heterocycles. The van der Waals surface area contributed by atoms with Crippen molar-refractivity contribution in [1.29, 1.82) is 0 Å². The van der Waals surface area contributed by atoms with Gasteiger partial charge in [-0.2, -0.15) is 0 Å². The van der Waals surface area contributed by atoms with E-state index in [1.807, 2.05) is 0 Å². The average Bonchev–Trinajstić information content (AvgIpc) is 2.04. The van der Waals surface area contributed by atoms with E-state index in [2.05, 4.69) is 15.9 Å². The molecular weight excluding hydrogens is 235 g/mol. The van der Waals surface area contributed by atoms with Gasteiger partial charge in [0.2, 0.25) is 0 Å². The monoisotopic (exact) mass is 246 g/mol. The van der Waals surface area contributed by atoms with Crippen LogP contribution in [0.3, 0.4) is 0 Å². The van der Waals surface area contributed by atoms with E-state index >= 15 is 0 Å². The van der Waals surface area contributed by atoms with Crippen LogP contribution in [-0.2, 0) is 0 Å². The van der Waals surface area contributed by atoms with E-state index in [4.69, 9.17) is 11.5 Å². The fourth-order valence-electron chi connectivity index (χ4n) is 1.14. The molecule has 0 bridgehead atoms. The molecule has 0 unspecified atom stereocenters. The van der Waals surface area contributed by atoms with E-state index in [9.17, 15) is 4.39 Å². The van der Waals surface area contributed by atoms with Gasteiger partial charge < -0.3 is 11.5 Å². The molecular formula is C9H12BrFN2. The highest BCUT2D eigenvalue weighted by atomic mass is 79.9. The van der Waals surface area contributed by atoms with E-state index in [0.717, 1.165) is 5.56 Å². The maximum Gasteiger partial charge on any atom is 0.124 e. The predicted molar refractivity (Wildman–Crippen MR) is 54.7 cm³/mol. The van der Waals surface area contributed by atoms with Gasteiger partial charge in [0, 0.05) is 10.5 Å². The molecule has 2 nitrogen and oxygen atoms in total. The first kappa shape index (κ1) is 10.6. The van der Waals surface area contributed by atoms with Crippen molar-refractivity contribution >= 4 is 15.9 Å². The van der Waals surface area contributed by atoms with Crippen LogP contribution in [0.15, 0.2) is 22.7 Å². The Morgan fingerprint density at radius 2 is 2.15 bits per heavy atom. The van der Waals surface area contributed by atoms with Crippen LogP contribution in [0.1, 0.15) is 18.0 Å². The number of rotatable bonds is 3. The first-order valence-electron chi connectivity index (χ1n) is 4.05. The van der Waals surface area contributed by atoms with Gasteiger partial charge in [-0.25, -0.2) is 4.39 Å². The Morgan fingerprint density at radius 1 is 1.46 bits per heavy atom. The van der Waals surface area contributed by atoms with Crippen LogP contribution in [0, 0.1) is 5.82 Å². The largest absolute Gasteiger partial charge is 0.330 e. The molecule has 1 aromatic carbocycles. The molecule has 4 heteroatoms. The standard InChI is InChI=1S/C9H12BrFN2/c10-8-5-6(11)1-2-7(8)9(13)3-4-12/h1-2,5,9H,3-4,12-13H2/t9-/m0/s1. The molecule has 0 aliphatic carbocycles. The summed E-state index contributed by atoms with van der Waals surface area (Å²) in [5.41, 5.74) is 12.1. The zero-order valence-electron chi connectivity index (χ0n) is 7.13. The van der Waals surface area contributed by atoms with Crippen molar-refractivity contribution in [2.75, 3.05) is 6.54 Å². The van der Waals surface area contributed by atoms with Crippen LogP contribution in [0.25, 0.3) is 0 Å². The molecule has 0 fully saturated rings. The molecule has 13 heavy (non-hydrogen) atoms. The fourth-order valence-corrected chi connectivity index (χ4v) is 1.78. The molecule has 1 atom stereocenters. The number of hydrogen-bond donors (Lipinski definition) is 2. The van der Waals surface area contributed by atoms with Gasteiger partial charge in [-0.1, -0.05) is 22.0 Å². The summed E-state index contributed by atoms with van der Waals surface area (Å²) in [6, 6.07) is 4.36. The Labute approximate surface area is 85.2 Å². The molecule has 0 radical (unpaired) electrons. The lowest BCUT2D eigenvalue weighted by molar-refractivity contribution is 0.618. The van der Waals surface area contributed by atoms with Gasteiger partial charge in [-0.3, -0.25) is 0 Å². The van der Waals surface area contributed by atoms with Crippen molar-refractivity contribution in [2.24, 2.45) is 11.5 Å². The van der Waals surface area contributed by atoms with Crippen LogP contribution < -0.4 is 11.5 Å². The summed E-state index contributed by atoms with van der Waals surface area (Å²) in [6.45, 7) is 0.533. The summed E-state index contributed by atoms with van der Waals surface area (Å²) in [7, 11) is 0. The van der Waals surface area contributed by atoms with E-state index in [-0.39, 0.29) is 11.9 Å². The van der Waals surface area contributed by atoms with Gasteiger partial charge >= 0.3 is 0 Å². The molecule has 4 N–H and O–H groups in total. The summed E-state index contributed by atoms with van der Waals surface area (Å²) >= 11 is 3.26. The van der Waals surface area contributed by atoms with Crippen LogP contribution in [0.5, 0.6) is 0 Å². The Hall–Kier alpha value is -0.450. The van der Waals surface area contributed by atoms with Gasteiger partial charge in [0.1, 0.15) is 5.82 Å². The molecule has 0 spiro atoms. The molecule has 0 saturated carbocycles. The second-order valence-corrected chi connectivity index (χ2v) is 3.70. The predicted octanol–water partition coefficient (Wildman–Crippen LogP) is 1.94. The third-order valence-electron chi connectivity index (χ3n) is 1.84. The minimum absolute atomic E-state index is 0.125. The molecule has 1 aromatic rings. The Bertz CT molecular complexity index is 291. The van der Waals surface area contributed by atoms with E-state index in [1.165, 1.54) is 12.1 Å². The lowest BCUT2D eigenvalue weighted by atomic mass is 10.1. The van der Waals surface area contributed by atoms with Gasteiger partial charge in [-0.05, 0) is 30.7 Å². The third-order valence-corrected chi connectivity index (χ3v) is 2.53. The van der Waals surface area contributed by atoms with Gasteiger partial charge in [-0.15, -0.1) is 0 Å². The van der Waals surface area contributed by atoms with Gasteiger partial charge in [0.05, 0.1) is 0 Å². The smallest absolute Gasteiger partial charge is 0.124 e. The molecule has 0 amide bonds. The summed E-state index contributed by atoms with van der Waals surface area (Å²) in [4.78, 5) is 0. The second kappa shape index (κ2) is 4.69. The van der Waals surface area contributed by atoms with E-state index in [0.29, 0.717) is 17.4 Å². The van der Waals surface area contributed by atoms with E-state index in [1.54, 1.807) is 6.07 Å². The molecule has 1 rings (SSSR count). The van der Waals surface area contributed by atoms with Crippen molar-refractivity contribution < 1.29 is 4.39 Å². The zero-order valence-corrected chi connectivity index (χ0v) is 8.72. The molecule has 0 aliphatic rings. The number of benzene rings is 1. The third kappa shape index (κ3) is 2.76. The molecule has 0 aromatic heterocycles. The lowest BCUT2D eigenvalue weighted by Crippen LogP contribution is -2.15. The van der Waals surface area contributed by atoms with Gasteiger partial charge in [0.15, 0.2) is 0 Å². The van der Waals surface area contributed by atoms with Crippen molar-refractivity contribution in [1.82, 2.24) is 0 Å². The summed E-state index contributed by atoms with van der Waals surface area (Å²) in [5.74, 6) is -0.268. The maximum atomic E-state index is 12.7. The Morgan fingerprint density at radius 3 is 2.69 bits per heavy atom. The highest BCUT2D eigenvalue weighted by molar-refractivity contribution is 9.10. The number of hydrogen-bond acceptors (Lipinski definition) is 2. The topological polar surface area (TPSA) is 52.0 Å². The second-order valence-electron chi connectivity index (χ2n) is 2.85. The fraction of sp³-hybridized carbons (Fsp3) is 0.333. The molecule has 0 saturated heterocycles. The zero-order chi connectivity index (χ0) is 9.84. The number of nitrogens with two attached hydrogens (primary N) is 2. The maximum absolute atomic E-state index is 12.7. The minimum atomic E-state index is -0.268. The highest BCUT2D eigenvalue weighted by Crippen LogP contribution is 2.24. The van der Waals surface area contributed by atoms with Gasteiger partial charge in [0.25, 0.3) is 0 Å². The van der Waals surface area contributed by atoms with Crippen LogP contribution in [-0.4, -0.2) is 6.54 Å². The first-order valence-corrected chi connectivity index (χ1v) is 4.85. The Kier molecular flexibility index (Phi) is 3.84. The molecule has 72 valence electrons. The number of halogens is 2. The first-order chi connectivity index (χ1) is 6.15. The van der Waals surface area contributed by atoms with Crippen LogP contribution in [0.4, 0.5) is 4.39 Å². The van der Waals surface area contributed by atoms with Crippen LogP contribution >= 0.6 is 15.9 Å². The summed E-state index contributed by atoms with van der Waals surface area (Å²) < 4.78 is 13.4. The minimum Gasteiger partial charge on any atom is -0.330 e.